The number of amides is 1. The second-order valence-corrected chi connectivity index (χ2v) is 9.54. The van der Waals surface area contributed by atoms with Crippen LogP contribution in [0.4, 0.5) is 0 Å². The fourth-order valence-electron chi connectivity index (χ4n) is 3.82. The molecule has 4 rings (SSSR count). The van der Waals surface area contributed by atoms with Crippen LogP contribution in [0.25, 0.3) is 0 Å². The molecule has 1 atom stereocenters. The highest BCUT2D eigenvalue weighted by Gasteiger charge is 2.31. The highest BCUT2D eigenvalue weighted by molar-refractivity contribution is 7.89. The number of ether oxygens (including phenoxy) is 3. The van der Waals surface area contributed by atoms with Crippen molar-refractivity contribution >= 4 is 15.9 Å². The molecule has 1 unspecified atom stereocenters. The van der Waals surface area contributed by atoms with Crippen LogP contribution in [0.5, 0.6) is 17.2 Å². The Labute approximate surface area is 192 Å². The molecular weight excluding hydrogens is 450 g/mol. The van der Waals surface area contributed by atoms with Gasteiger partial charge in [0.1, 0.15) is 11.8 Å². The number of nitrogens with zero attached hydrogens (tertiary/aromatic N) is 2. The van der Waals surface area contributed by atoms with E-state index in [1.807, 2.05) is 18.2 Å². The first kappa shape index (κ1) is 23.3. The number of methoxy groups -OCH3 is 1. The van der Waals surface area contributed by atoms with Gasteiger partial charge in [0, 0.05) is 32.7 Å². The zero-order valence-corrected chi connectivity index (χ0v) is 19.1. The fourth-order valence-corrected chi connectivity index (χ4v) is 5.00. The van der Waals surface area contributed by atoms with Crippen molar-refractivity contribution in [1.82, 2.24) is 14.5 Å². The minimum absolute atomic E-state index is 0.0110. The van der Waals surface area contributed by atoms with Crippen molar-refractivity contribution in [3.63, 3.8) is 0 Å². The van der Waals surface area contributed by atoms with E-state index in [-0.39, 0.29) is 11.7 Å². The highest BCUT2D eigenvalue weighted by atomic mass is 32.2. The van der Waals surface area contributed by atoms with Gasteiger partial charge in [-0.1, -0.05) is 6.07 Å². The van der Waals surface area contributed by atoms with Gasteiger partial charge in [-0.15, -0.1) is 0 Å². The number of fused-ring (bicyclic) bond motifs is 1. The first-order chi connectivity index (χ1) is 15.9. The maximum absolute atomic E-state index is 12.9. The largest absolute Gasteiger partial charge is 0.497 e. The summed E-state index contributed by atoms with van der Waals surface area (Å²) < 4.78 is 43.4. The van der Waals surface area contributed by atoms with Gasteiger partial charge in [0.25, 0.3) is 0 Å². The Balaban J connectivity index is 1.32. The molecule has 2 N–H and O–H groups in total. The standard InChI is InChI=1S/C22H27N3O7S/c1-30-17-3-5-18(6-4-17)33(28,29)23-19(14-26)22(27)25-10-8-24(9-11-25)13-16-2-7-20-21(12-16)32-15-31-20/h2-7,12,19,23,26H,8-11,13-15H2,1H3. The molecule has 11 heteroatoms. The van der Waals surface area contributed by atoms with Crippen LogP contribution in [0.1, 0.15) is 5.56 Å². The van der Waals surface area contributed by atoms with Crippen LogP contribution in [0, 0.1) is 0 Å². The minimum atomic E-state index is -3.98. The molecule has 0 spiro atoms. The molecule has 1 saturated heterocycles. The van der Waals surface area contributed by atoms with E-state index in [1.165, 1.54) is 31.4 Å². The number of nitrogens with one attached hydrogen (secondary N) is 1. The normalized spacial score (nSPS) is 17.1. The maximum Gasteiger partial charge on any atom is 0.243 e. The molecule has 2 aromatic carbocycles. The second-order valence-electron chi connectivity index (χ2n) is 7.82. The van der Waals surface area contributed by atoms with Crippen molar-refractivity contribution in [2.24, 2.45) is 0 Å². The van der Waals surface area contributed by atoms with Crippen molar-refractivity contribution < 1.29 is 32.5 Å². The number of hydrogen-bond acceptors (Lipinski definition) is 8. The molecule has 0 saturated carbocycles. The van der Waals surface area contributed by atoms with Crippen LogP contribution < -0.4 is 18.9 Å². The molecular formula is C22H27N3O7S. The van der Waals surface area contributed by atoms with E-state index in [9.17, 15) is 18.3 Å². The number of rotatable bonds is 8. The zero-order valence-electron chi connectivity index (χ0n) is 18.3. The summed E-state index contributed by atoms with van der Waals surface area (Å²) in [6, 6.07) is 10.4. The molecule has 0 aliphatic carbocycles. The summed E-state index contributed by atoms with van der Waals surface area (Å²) in [6.07, 6.45) is 0. The van der Waals surface area contributed by atoms with Crippen LogP contribution in [-0.4, -0.2) is 82.0 Å². The Bertz CT molecular complexity index is 1080. The second kappa shape index (κ2) is 9.96. The number of benzene rings is 2. The third-order valence-corrected chi connectivity index (χ3v) is 7.16. The lowest BCUT2D eigenvalue weighted by atomic mass is 10.1. The van der Waals surface area contributed by atoms with Crippen LogP contribution >= 0.6 is 0 Å². The first-order valence-electron chi connectivity index (χ1n) is 10.6. The number of aliphatic hydroxyl groups excluding tert-OH is 1. The monoisotopic (exact) mass is 477 g/mol. The molecule has 33 heavy (non-hydrogen) atoms. The van der Waals surface area contributed by atoms with Crippen LogP contribution in [0.3, 0.4) is 0 Å². The molecule has 2 heterocycles. The number of carbonyl (C=O) groups excluding carboxylic acids is 1. The van der Waals surface area contributed by atoms with Gasteiger partial charge in [-0.3, -0.25) is 9.69 Å². The van der Waals surface area contributed by atoms with Crippen molar-refractivity contribution in [1.29, 1.82) is 0 Å². The lowest BCUT2D eigenvalue weighted by Crippen LogP contribution is -2.55. The van der Waals surface area contributed by atoms with E-state index < -0.39 is 28.6 Å². The van der Waals surface area contributed by atoms with Crippen LogP contribution in [-0.2, 0) is 21.4 Å². The predicted molar refractivity (Wildman–Crippen MR) is 119 cm³/mol. The minimum Gasteiger partial charge on any atom is -0.497 e. The molecule has 2 aliphatic rings. The molecule has 2 aliphatic heterocycles. The Morgan fingerprint density at radius 1 is 1.09 bits per heavy atom. The fraction of sp³-hybridized carbons (Fsp3) is 0.409. The summed E-state index contributed by atoms with van der Waals surface area (Å²) in [5.74, 6) is 1.54. The predicted octanol–water partition coefficient (Wildman–Crippen LogP) is 0.408. The zero-order chi connectivity index (χ0) is 23.4. The van der Waals surface area contributed by atoms with E-state index >= 15 is 0 Å². The third kappa shape index (κ3) is 5.38. The van der Waals surface area contributed by atoms with Crippen molar-refractivity contribution in [2.75, 3.05) is 46.7 Å². The molecule has 10 nitrogen and oxygen atoms in total. The number of piperazine rings is 1. The van der Waals surface area contributed by atoms with Gasteiger partial charge in [-0.25, -0.2) is 8.42 Å². The molecule has 0 bridgehead atoms. The summed E-state index contributed by atoms with van der Waals surface area (Å²) in [4.78, 5) is 16.7. The Kier molecular flexibility index (Phi) is 7.03. The van der Waals surface area contributed by atoms with Gasteiger partial charge >= 0.3 is 0 Å². The summed E-state index contributed by atoms with van der Waals surface area (Å²) in [7, 11) is -2.50. The van der Waals surface area contributed by atoms with Gasteiger partial charge in [0.05, 0.1) is 18.6 Å². The molecule has 0 radical (unpaired) electrons. The SMILES string of the molecule is COc1ccc(S(=O)(=O)NC(CO)C(=O)N2CCN(Cc3ccc4c(c3)OCO4)CC2)cc1. The highest BCUT2D eigenvalue weighted by Crippen LogP contribution is 2.32. The number of hydrogen-bond donors (Lipinski definition) is 2. The van der Waals surface area contributed by atoms with E-state index in [2.05, 4.69) is 9.62 Å². The topological polar surface area (TPSA) is 118 Å². The smallest absolute Gasteiger partial charge is 0.243 e. The Morgan fingerprint density at radius 3 is 2.45 bits per heavy atom. The van der Waals surface area contributed by atoms with Crippen molar-refractivity contribution in [3.8, 4) is 17.2 Å². The van der Waals surface area contributed by atoms with E-state index in [0.29, 0.717) is 38.5 Å². The van der Waals surface area contributed by atoms with Crippen LogP contribution in [0.15, 0.2) is 47.4 Å². The summed E-state index contributed by atoms with van der Waals surface area (Å²) in [5, 5.41) is 9.72. The van der Waals surface area contributed by atoms with Gasteiger partial charge in [0.15, 0.2) is 11.5 Å². The van der Waals surface area contributed by atoms with Gasteiger partial charge < -0.3 is 24.2 Å². The van der Waals surface area contributed by atoms with Crippen molar-refractivity contribution in [2.45, 2.75) is 17.5 Å². The maximum atomic E-state index is 12.9. The van der Waals surface area contributed by atoms with E-state index in [1.54, 1.807) is 4.90 Å². The van der Waals surface area contributed by atoms with E-state index in [4.69, 9.17) is 14.2 Å². The number of aliphatic hydroxyl groups is 1. The number of sulfonamides is 1. The average molecular weight is 478 g/mol. The molecule has 178 valence electrons. The molecule has 1 fully saturated rings. The summed E-state index contributed by atoms with van der Waals surface area (Å²) in [5.41, 5.74) is 1.08. The van der Waals surface area contributed by atoms with Crippen molar-refractivity contribution in [3.05, 3.63) is 48.0 Å². The third-order valence-electron chi connectivity index (χ3n) is 5.67. The molecule has 2 aromatic rings. The number of carbonyl (C=O) groups is 1. The molecule has 0 aromatic heterocycles. The van der Waals surface area contributed by atoms with Gasteiger partial charge in [-0.05, 0) is 42.0 Å². The quantitative estimate of drug-likeness (QED) is 0.561. The summed E-state index contributed by atoms with van der Waals surface area (Å²) >= 11 is 0. The summed E-state index contributed by atoms with van der Waals surface area (Å²) in [6.45, 7) is 2.42. The van der Waals surface area contributed by atoms with Gasteiger partial charge in [0.2, 0.25) is 22.7 Å². The lowest BCUT2D eigenvalue weighted by molar-refractivity contribution is -0.135. The first-order valence-corrected chi connectivity index (χ1v) is 12.0. The Hall–Kier alpha value is -2.86. The Morgan fingerprint density at radius 2 is 1.79 bits per heavy atom. The van der Waals surface area contributed by atoms with Crippen LogP contribution in [0.2, 0.25) is 0 Å². The van der Waals surface area contributed by atoms with E-state index in [0.717, 1.165) is 17.1 Å². The van der Waals surface area contributed by atoms with Gasteiger partial charge in [-0.2, -0.15) is 4.72 Å². The average Bonchev–Trinajstić information content (AvgIpc) is 3.30. The lowest BCUT2D eigenvalue weighted by Gasteiger charge is -2.36. The molecule has 1 amide bonds.